The van der Waals surface area contributed by atoms with Crippen LogP contribution < -0.4 is 10.6 Å². The van der Waals surface area contributed by atoms with E-state index in [0.717, 1.165) is 64.6 Å². The van der Waals surface area contributed by atoms with Crippen LogP contribution >= 0.6 is 24.0 Å². The Morgan fingerprint density at radius 2 is 1.79 bits per heavy atom. The standard InChI is InChI=1S/C26H35N5O.HI/c1-27-26(28-13-16-30-14-12-23-9-5-6-10-24(23)20-30)29-18-22-17-25(32)31(19-22)15-11-21-7-3-2-4-8-21;/h2-10,22H,11-20H2,1H3,(H2,27,28,29);1H. The highest BCUT2D eigenvalue weighted by Crippen LogP contribution is 2.18. The molecule has 2 aliphatic rings. The molecule has 0 saturated carbocycles. The van der Waals surface area contributed by atoms with Gasteiger partial charge in [-0.1, -0.05) is 54.6 Å². The molecule has 7 heteroatoms. The number of hydrogen-bond donors (Lipinski definition) is 2. The lowest BCUT2D eigenvalue weighted by Crippen LogP contribution is -2.44. The van der Waals surface area contributed by atoms with Crippen molar-refractivity contribution in [1.82, 2.24) is 20.4 Å². The molecule has 0 aromatic heterocycles. The van der Waals surface area contributed by atoms with Crippen molar-refractivity contribution in [3.8, 4) is 0 Å². The minimum absolute atomic E-state index is 0. The van der Waals surface area contributed by atoms with Crippen molar-refractivity contribution < 1.29 is 4.79 Å². The van der Waals surface area contributed by atoms with Gasteiger partial charge in [-0.15, -0.1) is 24.0 Å². The molecule has 4 rings (SSSR count). The first kappa shape index (κ1) is 25.5. The summed E-state index contributed by atoms with van der Waals surface area (Å²) in [7, 11) is 1.80. The Morgan fingerprint density at radius 3 is 2.58 bits per heavy atom. The van der Waals surface area contributed by atoms with E-state index in [9.17, 15) is 4.79 Å². The Labute approximate surface area is 214 Å². The summed E-state index contributed by atoms with van der Waals surface area (Å²) >= 11 is 0. The van der Waals surface area contributed by atoms with Gasteiger partial charge in [-0.05, 0) is 29.5 Å². The van der Waals surface area contributed by atoms with E-state index in [1.54, 1.807) is 7.05 Å². The van der Waals surface area contributed by atoms with E-state index in [0.29, 0.717) is 12.3 Å². The van der Waals surface area contributed by atoms with E-state index in [1.165, 1.54) is 16.7 Å². The Bertz CT molecular complexity index is 920. The number of amides is 1. The number of aliphatic imine (C=N–C) groups is 1. The van der Waals surface area contributed by atoms with Gasteiger partial charge >= 0.3 is 0 Å². The van der Waals surface area contributed by atoms with Crippen molar-refractivity contribution in [1.29, 1.82) is 0 Å². The molecule has 2 heterocycles. The van der Waals surface area contributed by atoms with Gasteiger partial charge in [0.15, 0.2) is 5.96 Å². The van der Waals surface area contributed by atoms with Gasteiger partial charge in [-0.2, -0.15) is 0 Å². The van der Waals surface area contributed by atoms with Crippen molar-refractivity contribution in [3.63, 3.8) is 0 Å². The van der Waals surface area contributed by atoms with Gasteiger partial charge in [0.1, 0.15) is 0 Å². The van der Waals surface area contributed by atoms with Crippen molar-refractivity contribution in [2.24, 2.45) is 10.9 Å². The lowest BCUT2D eigenvalue weighted by atomic mass is 10.00. The molecular weight excluding hydrogens is 525 g/mol. The van der Waals surface area contributed by atoms with E-state index in [2.05, 4.69) is 69.1 Å². The molecule has 1 saturated heterocycles. The van der Waals surface area contributed by atoms with Gasteiger partial charge in [0.05, 0.1) is 0 Å². The molecule has 0 spiro atoms. The van der Waals surface area contributed by atoms with Crippen LogP contribution in [0.25, 0.3) is 0 Å². The average molecular weight is 562 g/mol. The number of carbonyl (C=O) groups excluding carboxylic acids is 1. The van der Waals surface area contributed by atoms with Gasteiger partial charge in [-0.3, -0.25) is 14.7 Å². The second-order valence-electron chi connectivity index (χ2n) is 8.82. The van der Waals surface area contributed by atoms with Gasteiger partial charge in [0.25, 0.3) is 0 Å². The molecule has 2 aliphatic heterocycles. The van der Waals surface area contributed by atoms with E-state index >= 15 is 0 Å². The maximum Gasteiger partial charge on any atom is 0.223 e. The number of hydrogen-bond acceptors (Lipinski definition) is 3. The van der Waals surface area contributed by atoms with Crippen molar-refractivity contribution in [2.75, 3.05) is 46.3 Å². The molecule has 33 heavy (non-hydrogen) atoms. The zero-order valence-electron chi connectivity index (χ0n) is 19.5. The highest BCUT2D eigenvalue weighted by Gasteiger charge is 2.29. The zero-order valence-corrected chi connectivity index (χ0v) is 21.8. The molecule has 178 valence electrons. The molecule has 1 amide bonds. The second-order valence-corrected chi connectivity index (χ2v) is 8.82. The highest BCUT2D eigenvalue weighted by atomic mass is 127. The van der Waals surface area contributed by atoms with Crippen LogP contribution in [0, 0.1) is 5.92 Å². The monoisotopic (exact) mass is 561 g/mol. The third-order valence-corrected chi connectivity index (χ3v) is 6.52. The van der Waals surface area contributed by atoms with Crippen molar-refractivity contribution in [2.45, 2.75) is 25.8 Å². The molecule has 0 bridgehead atoms. The highest BCUT2D eigenvalue weighted by molar-refractivity contribution is 14.0. The number of guanidine groups is 1. The molecule has 0 aliphatic carbocycles. The molecule has 2 aromatic carbocycles. The molecule has 2 aromatic rings. The number of rotatable bonds is 8. The molecule has 2 N–H and O–H groups in total. The fourth-order valence-corrected chi connectivity index (χ4v) is 4.65. The van der Waals surface area contributed by atoms with Crippen LogP contribution in [0.4, 0.5) is 0 Å². The topological polar surface area (TPSA) is 60.0 Å². The molecule has 0 radical (unpaired) electrons. The fourth-order valence-electron chi connectivity index (χ4n) is 4.65. The van der Waals surface area contributed by atoms with Crippen LogP contribution in [0.2, 0.25) is 0 Å². The number of nitrogens with zero attached hydrogens (tertiary/aromatic N) is 3. The quantitative estimate of drug-likeness (QED) is 0.296. The minimum Gasteiger partial charge on any atom is -0.356 e. The summed E-state index contributed by atoms with van der Waals surface area (Å²) in [5.74, 6) is 1.41. The SMILES string of the molecule is CN=C(NCCN1CCc2ccccc2C1)NCC1CC(=O)N(CCc2ccccc2)C1.I. The van der Waals surface area contributed by atoms with Crippen molar-refractivity contribution in [3.05, 3.63) is 71.3 Å². The van der Waals surface area contributed by atoms with Crippen LogP contribution in [-0.2, 0) is 24.2 Å². The lowest BCUT2D eigenvalue weighted by molar-refractivity contribution is -0.127. The summed E-state index contributed by atoms with van der Waals surface area (Å²) < 4.78 is 0. The first-order valence-corrected chi connectivity index (χ1v) is 11.8. The zero-order chi connectivity index (χ0) is 22.2. The third-order valence-electron chi connectivity index (χ3n) is 6.52. The first-order chi connectivity index (χ1) is 15.7. The normalized spacial score (nSPS) is 18.6. The molecule has 1 atom stereocenters. The predicted octanol–water partition coefficient (Wildman–Crippen LogP) is 2.92. The number of likely N-dealkylation sites (tertiary alicyclic amines) is 1. The van der Waals surface area contributed by atoms with Gasteiger partial charge in [0, 0.05) is 65.2 Å². The van der Waals surface area contributed by atoms with Gasteiger partial charge < -0.3 is 15.5 Å². The van der Waals surface area contributed by atoms with Crippen LogP contribution in [0.15, 0.2) is 59.6 Å². The maximum atomic E-state index is 12.4. The van der Waals surface area contributed by atoms with E-state index in [4.69, 9.17) is 0 Å². The lowest BCUT2D eigenvalue weighted by Gasteiger charge is -2.29. The number of halogens is 1. The number of fused-ring (bicyclic) bond motifs is 1. The average Bonchev–Trinajstić information content (AvgIpc) is 3.19. The summed E-state index contributed by atoms with van der Waals surface area (Å²) in [5, 5.41) is 6.85. The summed E-state index contributed by atoms with van der Waals surface area (Å²) in [6, 6.07) is 19.1. The number of nitrogens with one attached hydrogen (secondary N) is 2. The first-order valence-electron chi connectivity index (χ1n) is 11.8. The summed E-state index contributed by atoms with van der Waals surface area (Å²) in [6.07, 6.45) is 2.66. The second kappa shape index (κ2) is 12.9. The van der Waals surface area contributed by atoms with E-state index in [-0.39, 0.29) is 29.9 Å². The van der Waals surface area contributed by atoms with Crippen LogP contribution in [-0.4, -0.2) is 68.0 Å². The maximum absolute atomic E-state index is 12.4. The van der Waals surface area contributed by atoms with Crippen LogP contribution in [0.1, 0.15) is 23.1 Å². The van der Waals surface area contributed by atoms with Gasteiger partial charge in [-0.25, -0.2) is 0 Å². The molecular formula is C26H36IN5O. The van der Waals surface area contributed by atoms with E-state index < -0.39 is 0 Å². The van der Waals surface area contributed by atoms with Crippen LogP contribution in [0.3, 0.4) is 0 Å². The molecule has 6 nitrogen and oxygen atoms in total. The van der Waals surface area contributed by atoms with E-state index in [1.807, 2.05) is 11.0 Å². The smallest absolute Gasteiger partial charge is 0.223 e. The molecule has 1 fully saturated rings. The fraction of sp³-hybridized carbons (Fsp3) is 0.462. The Morgan fingerprint density at radius 1 is 1.03 bits per heavy atom. The minimum atomic E-state index is 0. The van der Waals surface area contributed by atoms with Gasteiger partial charge in [0.2, 0.25) is 5.91 Å². The summed E-state index contributed by atoms with van der Waals surface area (Å²) in [4.78, 5) is 21.3. The third kappa shape index (κ3) is 7.43. The number of carbonyl (C=O) groups is 1. The Kier molecular flexibility index (Phi) is 9.99. The summed E-state index contributed by atoms with van der Waals surface area (Å²) in [5.41, 5.74) is 4.21. The largest absolute Gasteiger partial charge is 0.356 e. The van der Waals surface area contributed by atoms with Crippen LogP contribution in [0.5, 0.6) is 0 Å². The Hall–Kier alpha value is -2.13. The predicted molar refractivity (Wildman–Crippen MR) is 145 cm³/mol. The summed E-state index contributed by atoms with van der Waals surface area (Å²) in [6.45, 7) is 6.36. The molecule has 1 unspecified atom stereocenters. The number of benzene rings is 2. The van der Waals surface area contributed by atoms with Crippen molar-refractivity contribution >= 4 is 35.8 Å². The Balaban J connectivity index is 0.00000306.